The second-order valence-corrected chi connectivity index (χ2v) is 9.74. The van der Waals surface area contributed by atoms with E-state index in [-0.39, 0.29) is 36.0 Å². The lowest BCUT2D eigenvalue weighted by atomic mass is 10.0. The van der Waals surface area contributed by atoms with Gasteiger partial charge in [-0.25, -0.2) is 4.79 Å². The molecule has 1 unspecified atom stereocenters. The first-order valence-electron chi connectivity index (χ1n) is 10.2. The molecule has 2 aromatic rings. The van der Waals surface area contributed by atoms with Gasteiger partial charge >= 0.3 is 11.9 Å². The molecular weight excluding hydrogens is 482 g/mol. The Balaban J connectivity index is 1.43. The van der Waals surface area contributed by atoms with Gasteiger partial charge in [-0.3, -0.25) is 19.3 Å². The van der Waals surface area contributed by atoms with Gasteiger partial charge in [0, 0.05) is 18.6 Å². The van der Waals surface area contributed by atoms with Gasteiger partial charge < -0.3 is 20.1 Å². The van der Waals surface area contributed by atoms with Crippen molar-refractivity contribution in [1.82, 2.24) is 25.0 Å². The summed E-state index contributed by atoms with van der Waals surface area (Å²) in [5.41, 5.74) is 1.28. The van der Waals surface area contributed by atoms with Gasteiger partial charge in [-0.15, -0.1) is 22.0 Å². The minimum atomic E-state index is -1.21. The Labute approximate surface area is 202 Å². The zero-order valence-corrected chi connectivity index (χ0v) is 19.6. The van der Waals surface area contributed by atoms with E-state index in [0.717, 1.165) is 5.56 Å². The lowest BCUT2D eigenvalue weighted by Gasteiger charge is -2.49. The highest BCUT2D eigenvalue weighted by Gasteiger charge is 2.54. The van der Waals surface area contributed by atoms with Gasteiger partial charge in [0.1, 0.15) is 29.4 Å². The Morgan fingerprint density at radius 3 is 2.59 bits per heavy atom. The minimum Gasteiger partial charge on any atom is -0.481 e. The molecule has 0 radical (unpaired) electrons. The average Bonchev–Trinajstić information content (AvgIpc) is 3.14. The molecule has 2 aliphatic rings. The van der Waals surface area contributed by atoms with E-state index >= 15 is 0 Å². The third kappa shape index (κ3) is 4.80. The van der Waals surface area contributed by atoms with E-state index in [1.807, 2.05) is 30.3 Å². The van der Waals surface area contributed by atoms with Crippen LogP contribution in [0.25, 0.3) is 0 Å². The van der Waals surface area contributed by atoms with Gasteiger partial charge in [-0.1, -0.05) is 42.1 Å². The molecule has 0 bridgehead atoms. The average molecular weight is 504 g/mol. The smallest absolute Gasteiger partial charge is 0.352 e. The van der Waals surface area contributed by atoms with E-state index < -0.39 is 29.3 Å². The van der Waals surface area contributed by atoms with Crippen molar-refractivity contribution in [2.45, 2.75) is 29.4 Å². The van der Waals surface area contributed by atoms with Crippen molar-refractivity contribution >= 4 is 47.3 Å². The number of hydrogen-bond donors (Lipinski definition) is 3. The topological polar surface area (TPSA) is 155 Å². The molecule has 2 aliphatic heterocycles. The molecule has 2 atom stereocenters. The molecule has 1 aromatic carbocycles. The van der Waals surface area contributed by atoms with Crippen LogP contribution < -0.4 is 5.32 Å². The van der Waals surface area contributed by atoms with Crippen LogP contribution in [0.2, 0.25) is 0 Å². The molecule has 0 spiro atoms. The molecule has 0 saturated carbocycles. The lowest BCUT2D eigenvalue weighted by molar-refractivity contribution is -0.150. The van der Waals surface area contributed by atoms with E-state index in [1.54, 1.807) is 11.6 Å². The monoisotopic (exact) mass is 503 g/mol. The van der Waals surface area contributed by atoms with E-state index in [9.17, 15) is 24.3 Å². The number of carboxylic acid groups (broad SMARTS) is 2. The summed E-state index contributed by atoms with van der Waals surface area (Å²) >= 11 is 2.61. The SMILES string of the molecule is Cn1c(CC(=O)O)nnc1SCC1=C(C(=O)O)N2C(=O)C(NC(=O)Cc3ccccc3)[C@@H]2SC1. The molecule has 3 N–H and O–H groups in total. The Hall–Kier alpha value is -3.32. The molecule has 1 fully saturated rings. The highest BCUT2D eigenvalue weighted by Crippen LogP contribution is 2.41. The Kier molecular flexibility index (Phi) is 6.93. The fraction of sp³-hybridized carbons (Fsp3) is 0.333. The van der Waals surface area contributed by atoms with Crippen LogP contribution in [0.1, 0.15) is 11.4 Å². The van der Waals surface area contributed by atoms with Crippen molar-refractivity contribution in [3.63, 3.8) is 0 Å². The third-order valence-corrected chi connectivity index (χ3v) is 7.83. The van der Waals surface area contributed by atoms with Crippen molar-refractivity contribution < 1.29 is 29.4 Å². The van der Waals surface area contributed by atoms with Gasteiger partial charge in [0.15, 0.2) is 5.16 Å². The van der Waals surface area contributed by atoms with Crippen LogP contribution >= 0.6 is 23.5 Å². The molecule has 4 rings (SSSR count). The molecular formula is C21H21N5O6S2. The van der Waals surface area contributed by atoms with E-state index in [1.165, 1.54) is 28.4 Å². The van der Waals surface area contributed by atoms with Crippen LogP contribution in [-0.4, -0.2) is 76.6 Å². The summed E-state index contributed by atoms with van der Waals surface area (Å²) in [5.74, 6) is -2.10. The number of thioether (sulfide) groups is 2. The number of aromatic nitrogens is 3. The van der Waals surface area contributed by atoms with Gasteiger partial charge in [0.25, 0.3) is 5.91 Å². The summed E-state index contributed by atoms with van der Waals surface area (Å²) in [5, 5.41) is 29.3. The van der Waals surface area contributed by atoms with Crippen LogP contribution in [0.3, 0.4) is 0 Å². The predicted octanol–water partition coefficient (Wildman–Crippen LogP) is 0.516. The van der Waals surface area contributed by atoms with Crippen LogP contribution in [-0.2, 0) is 39.1 Å². The maximum absolute atomic E-state index is 12.8. The second-order valence-electron chi connectivity index (χ2n) is 7.69. The van der Waals surface area contributed by atoms with Gasteiger partial charge in [-0.05, 0) is 11.1 Å². The summed E-state index contributed by atoms with van der Waals surface area (Å²) in [7, 11) is 1.64. The van der Waals surface area contributed by atoms with Gasteiger partial charge in [-0.2, -0.15) is 0 Å². The number of carboxylic acids is 2. The molecule has 34 heavy (non-hydrogen) atoms. The molecule has 11 nitrogen and oxygen atoms in total. The number of hydrogen-bond acceptors (Lipinski definition) is 8. The largest absolute Gasteiger partial charge is 0.481 e. The van der Waals surface area contributed by atoms with E-state index in [4.69, 9.17) is 5.11 Å². The number of aliphatic carboxylic acids is 2. The molecule has 13 heteroatoms. The fourth-order valence-electron chi connectivity index (χ4n) is 3.71. The Bertz CT molecular complexity index is 1180. The maximum atomic E-state index is 12.8. The summed E-state index contributed by atoms with van der Waals surface area (Å²) in [4.78, 5) is 49.4. The summed E-state index contributed by atoms with van der Waals surface area (Å²) in [6, 6.07) is 8.37. The van der Waals surface area contributed by atoms with Crippen molar-refractivity contribution in [3.05, 3.63) is 53.0 Å². The first-order chi connectivity index (χ1) is 16.3. The molecule has 3 heterocycles. The number of β-lactam (4-membered cyclic amide) rings is 1. The highest BCUT2D eigenvalue weighted by molar-refractivity contribution is 8.01. The number of nitrogens with one attached hydrogen (secondary N) is 1. The van der Waals surface area contributed by atoms with Gasteiger partial charge in [0.2, 0.25) is 5.91 Å². The normalized spacial score (nSPS) is 19.4. The fourth-order valence-corrected chi connectivity index (χ4v) is 6.13. The predicted molar refractivity (Wildman–Crippen MR) is 123 cm³/mol. The van der Waals surface area contributed by atoms with Crippen LogP contribution in [0.15, 0.2) is 46.8 Å². The molecule has 0 aliphatic carbocycles. The third-order valence-electron chi connectivity index (χ3n) is 5.38. The lowest BCUT2D eigenvalue weighted by Crippen LogP contribution is -2.70. The van der Waals surface area contributed by atoms with Crippen LogP contribution in [0.5, 0.6) is 0 Å². The number of amides is 2. The number of fused-ring (bicyclic) bond motifs is 1. The van der Waals surface area contributed by atoms with Crippen LogP contribution in [0, 0.1) is 0 Å². The van der Waals surface area contributed by atoms with E-state index in [0.29, 0.717) is 16.5 Å². The summed E-state index contributed by atoms with van der Waals surface area (Å²) in [6.07, 6.45) is -0.141. The van der Waals surface area contributed by atoms with Crippen molar-refractivity contribution in [3.8, 4) is 0 Å². The van der Waals surface area contributed by atoms with Crippen molar-refractivity contribution in [2.24, 2.45) is 7.05 Å². The summed E-state index contributed by atoms with van der Waals surface area (Å²) < 4.78 is 1.55. The highest BCUT2D eigenvalue weighted by atomic mass is 32.2. The Morgan fingerprint density at radius 1 is 1.18 bits per heavy atom. The Morgan fingerprint density at radius 2 is 1.91 bits per heavy atom. The summed E-state index contributed by atoms with van der Waals surface area (Å²) in [6.45, 7) is 0. The van der Waals surface area contributed by atoms with Crippen LogP contribution in [0.4, 0.5) is 0 Å². The first kappa shape index (κ1) is 23.8. The van der Waals surface area contributed by atoms with E-state index in [2.05, 4.69) is 15.5 Å². The van der Waals surface area contributed by atoms with Crippen molar-refractivity contribution in [1.29, 1.82) is 0 Å². The standard InChI is InChI=1S/C21H21N5O6S2/c1-25-13(8-15(28)29)23-24-21(25)34-10-12-9-33-19-16(18(30)26(19)17(12)20(31)32)22-14(27)7-11-5-3-2-4-6-11/h2-6,16,19H,7-10H2,1H3,(H,22,27)(H,28,29)(H,31,32)/t16?,19-/m0/s1. The maximum Gasteiger partial charge on any atom is 0.352 e. The molecule has 1 saturated heterocycles. The number of benzene rings is 1. The number of carbonyl (C=O) groups is 4. The molecule has 1 aromatic heterocycles. The first-order valence-corrected chi connectivity index (χ1v) is 12.3. The zero-order chi connectivity index (χ0) is 24.4. The number of nitrogens with zero attached hydrogens (tertiary/aromatic N) is 4. The molecule has 178 valence electrons. The molecule has 2 amide bonds. The van der Waals surface area contributed by atoms with Gasteiger partial charge in [0.05, 0.1) is 6.42 Å². The minimum absolute atomic E-state index is 0.0808. The second kappa shape index (κ2) is 9.89. The number of rotatable bonds is 9. The zero-order valence-electron chi connectivity index (χ0n) is 18.0. The quantitative estimate of drug-likeness (QED) is 0.326. The number of carbonyl (C=O) groups excluding carboxylic acids is 2. The van der Waals surface area contributed by atoms with Crippen molar-refractivity contribution in [2.75, 3.05) is 11.5 Å².